The predicted molar refractivity (Wildman–Crippen MR) is 107 cm³/mol. The molecule has 3 aliphatic heterocycles. The van der Waals surface area contributed by atoms with Crippen LogP contribution in [-0.4, -0.2) is 77.1 Å². The van der Waals surface area contributed by atoms with Gasteiger partial charge in [0.15, 0.2) is 17.3 Å². The zero-order valence-corrected chi connectivity index (χ0v) is 17.1. The van der Waals surface area contributed by atoms with Crippen molar-refractivity contribution >= 4 is 17.4 Å². The van der Waals surface area contributed by atoms with Gasteiger partial charge >= 0.3 is 0 Å². The van der Waals surface area contributed by atoms with Gasteiger partial charge in [-0.25, -0.2) is 0 Å². The van der Waals surface area contributed by atoms with E-state index in [-0.39, 0.29) is 12.0 Å². The molecule has 10 heteroatoms. The standard InChI is InChI=1S/C20H28N6O4/c27-19(21-14-15-2-1-11-28-15)6-5-17-23-22-16-3-4-18(24-26(16)17)25-9-7-20(8-10-25)29-12-13-30-20/h3-4,15H,1-2,5-14H2,(H,21,27)/t15-/m1/s1. The van der Waals surface area contributed by atoms with E-state index in [2.05, 4.69) is 20.4 Å². The fraction of sp³-hybridized carbons (Fsp3) is 0.700. The summed E-state index contributed by atoms with van der Waals surface area (Å²) in [5.74, 6) is 1.16. The second kappa shape index (κ2) is 8.44. The van der Waals surface area contributed by atoms with E-state index < -0.39 is 5.79 Å². The Bertz CT molecular complexity index is 881. The molecule has 10 nitrogen and oxygen atoms in total. The number of hydrogen-bond donors (Lipinski definition) is 1. The van der Waals surface area contributed by atoms with E-state index in [0.29, 0.717) is 44.1 Å². The van der Waals surface area contributed by atoms with Gasteiger partial charge in [0.2, 0.25) is 5.91 Å². The average Bonchev–Trinajstić information content (AvgIpc) is 3.53. The Hall–Kier alpha value is -2.30. The van der Waals surface area contributed by atoms with Gasteiger partial charge in [-0.2, -0.15) is 4.52 Å². The summed E-state index contributed by atoms with van der Waals surface area (Å²) in [6, 6.07) is 3.89. The summed E-state index contributed by atoms with van der Waals surface area (Å²) in [4.78, 5) is 14.4. The molecule has 0 radical (unpaired) electrons. The number of rotatable bonds is 6. The Labute approximate surface area is 174 Å². The number of ether oxygens (including phenoxy) is 3. The molecule has 3 aliphatic rings. The van der Waals surface area contributed by atoms with Gasteiger partial charge in [0.1, 0.15) is 5.82 Å². The second-order valence-corrected chi connectivity index (χ2v) is 8.11. The minimum atomic E-state index is -0.404. The molecule has 0 aromatic carbocycles. The lowest BCUT2D eigenvalue weighted by molar-refractivity contribution is -0.169. The number of piperidine rings is 1. The first-order valence-electron chi connectivity index (χ1n) is 10.8. The Balaban J connectivity index is 1.19. The first-order chi connectivity index (χ1) is 14.7. The highest BCUT2D eigenvalue weighted by Gasteiger charge is 2.40. The van der Waals surface area contributed by atoms with Crippen LogP contribution in [0.25, 0.3) is 5.65 Å². The van der Waals surface area contributed by atoms with E-state index in [4.69, 9.17) is 19.3 Å². The van der Waals surface area contributed by atoms with E-state index in [1.165, 1.54) is 0 Å². The molecule has 1 N–H and O–H groups in total. The topological polar surface area (TPSA) is 103 Å². The molecule has 5 heterocycles. The third-order valence-electron chi connectivity index (χ3n) is 6.10. The van der Waals surface area contributed by atoms with Gasteiger partial charge in [-0.3, -0.25) is 4.79 Å². The number of aromatic nitrogens is 4. The SMILES string of the molecule is O=C(CCc1nnc2ccc(N3CCC4(CC3)OCCO4)nn12)NC[C@H]1CCCO1. The van der Waals surface area contributed by atoms with Crippen LogP contribution in [-0.2, 0) is 25.4 Å². The fourth-order valence-corrected chi connectivity index (χ4v) is 4.36. The Morgan fingerprint density at radius 2 is 2.00 bits per heavy atom. The van der Waals surface area contributed by atoms with Crippen molar-refractivity contribution in [2.75, 3.05) is 44.4 Å². The van der Waals surface area contributed by atoms with Crippen molar-refractivity contribution in [2.24, 2.45) is 0 Å². The normalized spacial score (nSPS) is 23.5. The molecule has 1 amide bonds. The van der Waals surface area contributed by atoms with Crippen LogP contribution < -0.4 is 10.2 Å². The van der Waals surface area contributed by atoms with Gasteiger partial charge in [-0.1, -0.05) is 0 Å². The maximum absolute atomic E-state index is 12.2. The first-order valence-corrected chi connectivity index (χ1v) is 10.8. The van der Waals surface area contributed by atoms with Crippen LogP contribution in [0, 0.1) is 0 Å². The quantitative estimate of drug-likeness (QED) is 0.734. The average molecular weight is 416 g/mol. The molecule has 162 valence electrons. The van der Waals surface area contributed by atoms with Crippen molar-refractivity contribution in [1.29, 1.82) is 0 Å². The highest BCUT2D eigenvalue weighted by atomic mass is 16.7. The van der Waals surface area contributed by atoms with Crippen LogP contribution >= 0.6 is 0 Å². The second-order valence-electron chi connectivity index (χ2n) is 8.11. The summed E-state index contributed by atoms with van der Waals surface area (Å²) >= 11 is 0. The molecular formula is C20H28N6O4. The zero-order valence-electron chi connectivity index (χ0n) is 17.1. The summed E-state index contributed by atoms with van der Waals surface area (Å²) in [7, 11) is 0. The lowest BCUT2D eigenvalue weighted by Gasteiger charge is -2.38. The van der Waals surface area contributed by atoms with Crippen LogP contribution in [0.2, 0.25) is 0 Å². The number of carbonyl (C=O) groups is 1. The van der Waals surface area contributed by atoms with Crippen LogP contribution in [0.5, 0.6) is 0 Å². The maximum Gasteiger partial charge on any atom is 0.220 e. The van der Waals surface area contributed by atoms with Gasteiger partial charge in [-0.15, -0.1) is 15.3 Å². The molecule has 1 spiro atoms. The molecule has 0 unspecified atom stereocenters. The number of fused-ring (bicyclic) bond motifs is 1. The van der Waals surface area contributed by atoms with Gasteiger partial charge in [0, 0.05) is 51.9 Å². The summed E-state index contributed by atoms with van der Waals surface area (Å²) in [5, 5.41) is 16.1. The maximum atomic E-state index is 12.2. The molecular weight excluding hydrogens is 388 g/mol. The summed E-state index contributed by atoms with van der Waals surface area (Å²) < 4.78 is 18.9. The minimum Gasteiger partial charge on any atom is -0.376 e. The van der Waals surface area contributed by atoms with Crippen molar-refractivity contribution in [2.45, 2.75) is 50.4 Å². The molecule has 2 aromatic heterocycles. The van der Waals surface area contributed by atoms with Crippen LogP contribution in [0.15, 0.2) is 12.1 Å². The molecule has 0 saturated carbocycles. The van der Waals surface area contributed by atoms with E-state index in [1.54, 1.807) is 4.52 Å². The molecule has 5 rings (SSSR count). The third kappa shape index (κ3) is 4.12. The van der Waals surface area contributed by atoms with Crippen molar-refractivity contribution in [1.82, 2.24) is 25.1 Å². The number of hydrogen-bond acceptors (Lipinski definition) is 8. The molecule has 0 bridgehead atoms. The third-order valence-corrected chi connectivity index (χ3v) is 6.10. The first kappa shape index (κ1) is 19.7. The predicted octanol–water partition coefficient (Wildman–Crippen LogP) is 0.695. The van der Waals surface area contributed by atoms with Crippen LogP contribution in [0.4, 0.5) is 5.82 Å². The van der Waals surface area contributed by atoms with E-state index in [9.17, 15) is 4.79 Å². The molecule has 2 aromatic rings. The number of amides is 1. The molecule has 0 aliphatic carbocycles. The highest BCUT2D eigenvalue weighted by molar-refractivity contribution is 5.76. The van der Waals surface area contributed by atoms with Gasteiger partial charge in [0.25, 0.3) is 0 Å². The highest BCUT2D eigenvalue weighted by Crippen LogP contribution is 2.32. The number of nitrogens with one attached hydrogen (secondary N) is 1. The largest absolute Gasteiger partial charge is 0.376 e. The number of anilines is 1. The van der Waals surface area contributed by atoms with E-state index in [1.807, 2.05) is 12.1 Å². The number of carbonyl (C=O) groups excluding carboxylic acids is 1. The smallest absolute Gasteiger partial charge is 0.220 e. The van der Waals surface area contributed by atoms with E-state index >= 15 is 0 Å². The van der Waals surface area contributed by atoms with Gasteiger partial charge in [-0.05, 0) is 25.0 Å². The summed E-state index contributed by atoms with van der Waals surface area (Å²) in [5.41, 5.74) is 0.685. The molecule has 1 atom stereocenters. The summed E-state index contributed by atoms with van der Waals surface area (Å²) in [6.07, 6.45) is 4.71. The molecule has 3 saturated heterocycles. The lowest BCUT2D eigenvalue weighted by atomic mass is 10.0. The van der Waals surface area contributed by atoms with E-state index in [0.717, 1.165) is 51.2 Å². The fourth-order valence-electron chi connectivity index (χ4n) is 4.36. The zero-order chi connectivity index (χ0) is 20.4. The van der Waals surface area contributed by atoms with Crippen LogP contribution in [0.1, 0.15) is 37.9 Å². The van der Waals surface area contributed by atoms with Crippen molar-refractivity contribution in [3.8, 4) is 0 Å². The molecule has 30 heavy (non-hydrogen) atoms. The molecule has 3 fully saturated rings. The van der Waals surface area contributed by atoms with Crippen molar-refractivity contribution in [3.05, 3.63) is 18.0 Å². The summed E-state index contributed by atoms with van der Waals surface area (Å²) in [6.45, 7) is 4.36. The Morgan fingerprint density at radius 3 is 2.77 bits per heavy atom. The van der Waals surface area contributed by atoms with Gasteiger partial charge in [0.05, 0.1) is 19.3 Å². The van der Waals surface area contributed by atoms with Crippen molar-refractivity contribution in [3.63, 3.8) is 0 Å². The lowest BCUT2D eigenvalue weighted by Crippen LogP contribution is -2.45. The Morgan fingerprint density at radius 1 is 1.17 bits per heavy atom. The number of nitrogens with zero attached hydrogens (tertiary/aromatic N) is 5. The Kier molecular flexibility index (Phi) is 5.53. The van der Waals surface area contributed by atoms with Crippen molar-refractivity contribution < 1.29 is 19.0 Å². The minimum absolute atomic E-state index is 0.00343. The van der Waals surface area contributed by atoms with Gasteiger partial charge < -0.3 is 24.4 Å². The van der Waals surface area contributed by atoms with Crippen LogP contribution in [0.3, 0.4) is 0 Å². The number of aryl methyl sites for hydroxylation is 1. The monoisotopic (exact) mass is 416 g/mol.